The summed E-state index contributed by atoms with van der Waals surface area (Å²) >= 11 is -1.37. The first kappa shape index (κ1) is 21.9. The maximum absolute atomic E-state index is 12.8. The lowest BCUT2D eigenvalue weighted by Gasteiger charge is -2.27. The quantitative estimate of drug-likeness (QED) is 0.562. The smallest absolute Gasteiger partial charge is 0.443 e. The predicted octanol–water partition coefficient (Wildman–Crippen LogP) is 4.72. The molecule has 2 atom stereocenters. The van der Waals surface area contributed by atoms with Gasteiger partial charge in [-0.05, 0) is 32.4 Å². The fourth-order valence-corrected chi connectivity index (χ4v) is 3.41. The molecule has 1 unspecified atom stereocenters. The Kier molecular flexibility index (Phi) is 6.15. The van der Waals surface area contributed by atoms with Crippen molar-refractivity contribution < 1.29 is 30.9 Å². The largest absolute Gasteiger partial charge is 0.598 e. The molecule has 0 aliphatic heterocycles. The molecule has 0 aliphatic rings. The Morgan fingerprint density at radius 1 is 1.07 bits per heavy atom. The molecule has 0 spiro atoms. The Morgan fingerprint density at radius 2 is 1.70 bits per heavy atom. The minimum atomic E-state index is -4.66. The fourth-order valence-electron chi connectivity index (χ4n) is 1.88. The lowest BCUT2D eigenvalue weighted by Crippen LogP contribution is -2.41. The molecule has 2 rings (SSSR count). The van der Waals surface area contributed by atoms with Crippen LogP contribution in [-0.4, -0.2) is 19.3 Å². The molecular formula is C15H15F6N3OS2. The van der Waals surface area contributed by atoms with Crippen molar-refractivity contribution in [2.75, 3.05) is 0 Å². The van der Waals surface area contributed by atoms with Crippen LogP contribution in [0.2, 0.25) is 0 Å². The highest BCUT2D eigenvalue weighted by Crippen LogP contribution is 2.35. The van der Waals surface area contributed by atoms with Crippen LogP contribution >= 0.6 is 11.3 Å². The average Bonchev–Trinajstić information content (AvgIpc) is 3.00. The maximum atomic E-state index is 12.8. The van der Waals surface area contributed by atoms with E-state index in [-0.39, 0.29) is 11.3 Å². The standard InChI is InChI=1S/C15H15F6N3OS2/c1-13(2,3)27(25)24-11(9-7-26-12(23-9)15(19,20)21)8-4-5-10(22-6-8)14(16,17)18/h4-7,11,24H,1-3H3/t11-,27?/m0/s1. The van der Waals surface area contributed by atoms with Crippen LogP contribution in [0.15, 0.2) is 23.7 Å². The van der Waals surface area contributed by atoms with Gasteiger partial charge in [-0.2, -0.15) is 26.3 Å². The molecule has 0 bridgehead atoms. The van der Waals surface area contributed by atoms with Crippen molar-refractivity contribution in [2.24, 2.45) is 0 Å². The van der Waals surface area contributed by atoms with Gasteiger partial charge < -0.3 is 4.55 Å². The van der Waals surface area contributed by atoms with E-state index in [1.165, 1.54) is 0 Å². The Balaban J connectivity index is 2.42. The molecule has 0 aliphatic carbocycles. The molecule has 27 heavy (non-hydrogen) atoms. The zero-order chi connectivity index (χ0) is 20.6. The van der Waals surface area contributed by atoms with Gasteiger partial charge in [0.2, 0.25) is 0 Å². The zero-order valence-corrected chi connectivity index (χ0v) is 15.9. The zero-order valence-electron chi connectivity index (χ0n) is 14.3. The molecule has 0 saturated heterocycles. The van der Waals surface area contributed by atoms with Gasteiger partial charge in [0, 0.05) is 22.9 Å². The Morgan fingerprint density at radius 3 is 2.11 bits per heavy atom. The lowest BCUT2D eigenvalue weighted by atomic mass is 10.1. The molecule has 2 aromatic rings. The van der Waals surface area contributed by atoms with Crippen LogP contribution in [0.25, 0.3) is 0 Å². The second-order valence-electron chi connectivity index (χ2n) is 6.48. The van der Waals surface area contributed by atoms with Gasteiger partial charge in [0.15, 0.2) is 5.01 Å². The van der Waals surface area contributed by atoms with Crippen molar-refractivity contribution in [3.05, 3.63) is 45.7 Å². The van der Waals surface area contributed by atoms with E-state index < -0.39 is 45.2 Å². The minimum Gasteiger partial charge on any atom is -0.598 e. The highest BCUT2D eigenvalue weighted by Gasteiger charge is 2.38. The van der Waals surface area contributed by atoms with Gasteiger partial charge in [-0.25, -0.2) is 4.98 Å². The molecule has 0 amide bonds. The number of alkyl halides is 6. The van der Waals surface area contributed by atoms with Crippen LogP contribution in [-0.2, 0) is 23.7 Å². The van der Waals surface area contributed by atoms with E-state index in [1.807, 2.05) is 0 Å². The lowest BCUT2D eigenvalue weighted by molar-refractivity contribution is -0.141. The average molecular weight is 431 g/mol. The number of aromatic nitrogens is 2. The Labute approximate surface area is 158 Å². The van der Waals surface area contributed by atoms with Crippen molar-refractivity contribution in [3.8, 4) is 0 Å². The van der Waals surface area contributed by atoms with E-state index in [9.17, 15) is 30.9 Å². The van der Waals surface area contributed by atoms with Gasteiger partial charge in [0.1, 0.15) is 16.5 Å². The van der Waals surface area contributed by atoms with E-state index >= 15 is 0 Å². The van der Waals surface area contributed by atoms with Crippen molar-refractivity contribution in [1.29, 1.82) is 0 Å². The maximum Gasteiger partial charge on any atom is 0.443 e. The summed E-state index contributed by atoms with van der Waals surface area (Å²) in [7, 11) is 0. The molecule has 0 fully saturated rings. The normalized spacial score (nSPS) is 15.6. The Bertz CT molecular complexity index is 768. The van der Waals surface area contributed by atoms with Crippen molar-refractivity contribution in [1.82, 2.24) is 14.7 Å². The predicted molar refractivity (Wildman–Crippen MR) is 89.2 cm³/mol. The summed E-state index contributed by atoms with van der Waals surface area (Å²) in [5, 5.41) is 0.0172. The molecule has 2 aromatic heterocycles. The summed E-state index contributed by atoms with van der Waals surface area (Å²) in [6.45, 7) is 4.92. The van der Waals surface area contributed by atoms with Gasteiger partial charge in [0.25, 0.3) is 0 Å². The van der Waals surface area contributed by atoms with E-state index in [0.717, 1.165) is 17.6 Å². The third kappa shape index (κ3) is 5.56. The third-order valence-electron chi connectivity index (χ3n) is 3.25. The number of nitrogens with zero attached hydrogens (tertiary/aromatic N) is 2. The molecule has 0 saturated carbocycles. The molecule has 2 heterocycles. The van der Waals surface area contributed by atoms with Crippen molar-refractivity contribution in [3.63, 3.8) is 0 Å². The van der Waals surface area contributed by atoms with Gasteiger partial charge >= 0.3 is 12.4 Å². The molecule has 0 aromatic carbocycles. The second kappa shape index (κ2) is 7.57. The highest BCUT2D eigenvalue weighted by molar-refractivity contribution is 7.90. The third-order valence-corrected chi connectivity index (χ3v) is 5.72. The molecule has 12 heteroatoms. The summed E-state index contributed by atoms with van der Waals surface area (Å²) in [5.41, 5.74) is -1.14. The van der Waals surface area contributed by atoms with Crippen LogP contribution in [0.5, 0.6) is 0 Å². The number of halogens is 6. The highest BCUT2D eigenvalue weighted by atomic mass is 32.2. The summed E-state index contributed by atoms with van der Waals surface area (Å²) in [4.78, 5) is 6.82. The van der Waals surface area contributed by atoms with E-state index in [1.54, 1.807) is 20.8 Å². The fraction of sp³-hybridized carbons (Fsp3) is 0.467. The van der Waals surface area contributed by atoms with Gasteiger partial charge in [-0.3, -0.25) is 4.98 Å². The molecule has 4 nitrogen and oxygen atoms in total. The molecule has 1 N–H and O–H groups in total. The first-order chi connectivity index (χ1) is 12.2. The number of hydrogen-bond donors (Lipinski definition) is 1. The SMILES string of the molecule is CC(C)(C)[S+]([O-])N[C@@H](c1ccc(C(F)(F)F)nc1)c1csc(C(F)(F)F)n1. The molecular weight excluding hydrogens is 416 g/mol. The van der Waals surface area contributed by atoms with Crippen LogP contribution in [0.4, 0.5) is 26.3 Å². The summed E-state index contributed by atoms with van der Waals surface area (Å²) in [5.74, 6) is 0. The van der Waals surface area contributed by atoms with Crippen LogP contribution in [0.3, 0.4) is 0 Å². The second-order valence-corrected chi connectivity index (χ2v) is 9.34. The van der Waals surface area contributed by atoms with Crippen LogP contribution in [0.1, 0.15) is 48.8 Å². The summed E-state index contributed by atoms with van der Waals surface area (Å²) in [6, 6.07) is 0.660. The number of nitrogens with one attached hydrogen (secondary N) is 1. The number of hydrogen-bond acceptors (Lipinski definition) is 5. The van der Waals surface area contributed by atoms with E-state index in [4.69, 9.17) is 0 Å². The monoisotopic (exact) mass is 431 g/mol. The minimum absolute atomic E-state index is 0.105. The number of thiazole rings is 1. The Hall–Kier alpha value is -1.37. The van der Waals surface area contributed by atoms with Crippen molar-refractivity contribution in [2.45, 2.75) is 43.9 Å². The van der Waals surface area contributed by atoms with Gasteiger partial charge in [0.05, 0.1) is 5.69 Å². The number of rotatable bonds is 4. The molecule has 150 valence electrons. The van der Waals surface area contributed by atoms with Gasteiger partial charge in [-0.15, -0.1) is 16.1 Å². The van der Waals surface area contributed by atoms with Crippen LogP contribution in [0, 0.1) is 0 Å². The van der Waals surface area contributed by atoms with E-state index in [0.29, 0.717) is 17.4 Å². The molecule has 0 radical (unpaired) electrons. The van der Waals surface area contributed by atoms with Crippen molar-refractivity contribution >= 4 is 22.7 Å². The summed E-state index contributed by atoms with van der Waals surface area (Å²) in [6.07, 6.45) is -8.43. The van der Waals surface area contributed by atoms with E-state index in [2.05, 4.69) is 14.7 Å². The topological polar surface area (TPSA) is 60.9 Å². The first-order valence-electron chi connectivity index (χ1n) is 7.43. The first-order valence-corrected chi connectivity index (χ1v) is 9.46. The van der Waals surface area contributed by atoms with Gasteiger partial charge in [-0.1, -0.05) is 6.07 Å². The number of pyridine rings is 1. The summed E-state index contributed by atoms with van der Waals surface area (Å²) < 4.78 is 90.8. The van der Waals surface area contributed by atoms with Crippen LogP contribution < -0.4 is 4.72 Å².